The van der Waals surface area contributed by atoms with Crippen LogP contribution in [0.5, 0.6) is 0 Å². The van der Waals surface area contributed by atoms with Crippen molar-refractivity contribution in [2.45, 2.75) is 37.4 Å². The van der Waals surface area contributed by atoms with Crippen molar-refractivity contribution in [2.24, 2.45) is 0 Å². The van der Waals surface area contributed by atoms with Gasteiger partial charge in [0.05, 0.1) is 46.5 Å². The first-order chi connectivity index (χ1) is 20.3. The molecule has 42 heavy (non-hydrogen) atoms. The van der Waals surface area contributed by atoms with E-state index in [-0.39, 0.29) is 17.2 Å². The second-order valence-electron chi connectivity index (χ2n) is 9.56. The molecule has 0 bridgehead atoms. The van der Waals surface area contributed by atoms with Gasteiger partial charge in [0, 0.05) is 5.56 Å². The molecule has 218 valence electrons. The van der Waals surface area contributed by atoms with E-state index >= 15 is 0 Å². The van der Waals surface area contributed by atoms with Crippen molar-refractivity contribution in [3.05, 3.63) is 65.6 Å². The number of thiazole rings is 1. The summed E-state index contributed by atoms with van der Waals surface area (Å²) < 4.78 is 28.7. The zero-order valence-corrected chi connectivity index (χ0v) is 23.0. The van der Waals surface area contributed by atoms with Gasteiger partial charge < -0.3 is 24.8 Å². The van der Waals surface area contributed by atoms with E-state index in [4.69, 9.17) is 4.74 Å². The molecular weight excluding hydrogens is 571 g/mol. The first-order valence-electron chi connectivity index (χ1n) is 12.7. The molecular formula is C26H25FN8O6S. The van der Waals surface area contributed by atoms with Gasteiger partial charge in [-0.2, -0.15) is 5.10 Å². The highest BCUT2D eigenvalue weighted by atomic mass is 32.1. The van der Waals surface area contributed by atoms with Crippen molar-refractivity contribution in [3.63, 3.8) is 0 Å². The van der Waals surface area contributed by atoms with Crippen LogP contribution in [0.25, 0.3) is 27.2 Å². The Balaban J connectivity index is 1.31. The number of benzene rings is 2. The summed E-state index contributed by atoms with van der Waals surface area (Å²) in [7, 11) is 1.16. The van der Waals surface area contributed by atoms with Gasteiger partial charge in [-0.15, -0.1) is 16.4 Å². The van der Waals surface area contributed by atoms with Gasteiger partial charge in [-0.25, -0.2) is 28.5 Å². The Hall–Kier alpha value is -4.35. The van der Waals surface area contributed by atoms with Gasteiger partial charge in [0.2, 0.25) is 0 Å². The second kappa shape index (κ2) is 11.1. The highest BCUT2D eigenvalue weighted by Gasteiger charge is 2.48. The van der Waals surface area contributed by atoms with E-state index in [9.17, 15) is 24.5 Å². The van der Waals surface area contributed by atoms with E-state index in [0.717, 1.165) is 28.4 Å². The monoisotopic (exact) mass is 596 g/mol. The zero-order valence-electron chi connectivity index (χ0n) is 22.2. The molecule has 0 unspecified atom stereocenters. The number of aromatic nitrogens is 7. The van der Waals surface area contributed by atoms with Crippen LogP contribution in [0.2, 0.25) is 0 Å². The number of aryl methyl sites for hydroxylation is 1. The first kappa shape index (κ1) is 27.8. The van der Waals surface area contributed by atoms with Gasteiger partial charge in [0.25, 0.3) is 0 Å². The van der Waals surface area contributed by atoms with Gasteiger partial charge in [-0.3, -0.25) is 5.32 Å². The SMILES string of the molecule is COC(=O)Nc1ccc(-c2cn([C@H]3[C@@H](O)[C@@H](CO)O[C@@H](c4ncnn4-c4ccc5nc(C)sc5c4)[C@@H]3O)nn2)cc1F. The molecule has 4 N–H and O–H groups in total. The van der Waals surface area contributed by atoms with Crippen molar-refractivity contribution in [1.29, 1.82) is 0 Å². The minimum atomic E-state index is -1.40. The molecule has 5 aromatic rings. The van der Waals surface area contributed by atoms with Crippen molar-refractivity contribution in [3.8, 4) is 16.9 Å². The Morgan fingerprint density at radius 1 is 1.21 bits per heavy atom. The smallest absolute Gasteiger partial charge is 0.411 e. The third kappa shape index (κ3) is 4.99. The fourth-order valence-electron chi connectivity index (χ4n) is 4.92. The molecule has 0 spiro atoms. The maximum atomic E-state index is 14.6. The Bertz CT molecular complexity index is 1760. The van der Waals surface area contributed by atoms with E-state index < -0.39 is 49.0 Å². The number of methoxy groups -OCH3 is 1. The number of anilines is 1. The third-order valence-electron chi connectivity index (χ3n) is 6.95. The lowest BCUT2D eigenvalue weighted by Gasteiger charge is -2.41. The van der Waals surface area contributed by atoms with E-state index in [1.165, 1.54) is 45.4 Å². The fourth-order valence-corrected chi connectivity index (χ4v) is 5.78. The molecule has 3 aromatic heterocycles. The summed E-state index contributed by atoms with van der Waals surface area (Å²) in [5.41, 5.74) is 1.98. The Morgan fingerprint density at radius 3 is 2.81 bits per heavy atom. The summed E-state index contributed by atoms with van der Waals surface area (Å²) in [5, 5.41) is 48.2. The molecule has 0 aliphatic carbocycles. The lowest BCUT2D eigenvalue weighted by Crippen LogP contribution is -2.53. The summed E-state index contributed by atoms with van der Waals surface area (Å²) in [5.74, 6) is -0.487. The number of aliphatic hydroxyl groups is 3. The number of hydrogen-bond acceptors (Lipinski definition) is 12. The molecule has 0 saturated carbocycles. The third-order valence-corrected chi connectivity index (χ3v) is 7.88. The van der Waals surface area contributed by atoms with Gasteiger partial charge in [-0.05, 0) is 37.3 Å². The van der Waals surface area contributed by atoms with Gasteiger partial charge in [-0.1, -0.05) is 11.3 Å². The van der Waals surface area contributed by atoms with Crippen molar-refractivity contribution in [1.82, 2.24) is 34.7 Å². The first-order valence-corrected chi connectivity index (χ1v) is 13.6. The summed E-state index contributed by atoms with van der Waals surface area (Å²) >= 11 is 1.53. The van der Waals surface area contributed by atoms with Crippen LogP contribution in [0.15, 0.2) is 48.9 Å². The minimum absolute atomic E-state index is 0.0874. The molecule has 1 amide bonds. The number of carbonyl (C=O) groups excluding carboxylic acids is 1. The predicted molar refractivity (Wildman–Crippen MR) is 146 cm³/mol. The summed E-state index contributed by atoms with van der Waals surface area (Å²) in [6, 6.07) is 8.47. The molecule has 2 aromatic carbocycles. The number of nitrogens with zero attached hydrogens (tertiary/aromatic N) is 7. The van der Waals surface area contributed by atoms with Crippen LogP contribution in [0.3, 0.4) is 0 Å². The van der Waals surface area contributed by atoms with Gasteiger partial charge in [0.1, 0.15) is 48.3 Å². The van der Waals surface area contributed by atoms with Crippen LogP contribution in [-0.2, 0) is 9.47 Å². The molecule has 1 aliphatic heterocycles. The number of amides is 1. The maximum absolute atomic E-state index is 14.6. The highest BCUT2D eigenvalue weighted by Crippen LogP contribution is 2.38. The molecule has 4 heterocycles. The molecule has 6 rings (SSSR count). The van der Waals surface area contributed by atoms with Crippen LogP contribution < -0.4 is 5.32 Å². The lowest BCUT2D eigenvalue weighted by atomic mass is 9.92. The molecule has 1 aliphatic rings. The van der Waals surface area contributed by atoms with E-state index in [1.807, 2.05) is 25.1 Å². The molecule has 16 heteroatoms. The number of aliphatic hydroxyl groups excluding tert-OH is 3. The number of ether oxygens (including phenoxy) is 2. The topological polar surface area (TPSA) is 183 Å². The standard InChI is InChI=1S/C26H25FN8O6S/c1-12-30-17-6-4-14(8-20(17)42-12)35-25(28-11-29-35)24-23(38)21(22(37)19(10-36)41-24)34-9-18(32-33-34)13-3-5-16(15(27)7-13)31-26(39)40-2/h3-9,11,19,21-24,36-38H,10H2,1-2H3,(H,31,39)/t19-,21+,22+,23-,24-/m1/s1. The molecule has 1 fully saturated rings. The largest absolute Gasteiger partial charge is 0.453 e. The van der Waals surface area contributed by atoms with E-state index in [0.29, 0.717) is 11.3 Å². The average molecular weight is 597 g/mol. The highest BCUT2D eigenvalue weighted by molar-refractivity contribution is 7.18. The van der Waals surface area contributed by atoms with E-state index in [2.05, 4.69) is 35.4 Å². The second-order valence-corrected chi connectivity index (χ2v) is 10.8. The summed E-state index contributed by atoms with van der Waals surface area (Å²) in [6.07, 6.45) is -3.08. The molecule has 1 saturated heterocycles. The van der Waals surface area contributed by atoms with Crippen LogP contribution in [0.4, 0.5) is 14.9 Å². The zero-order chi connectivity index (χ0) is 29.5. The van der Waals surface area contributed by atoms with Gasteiger partial charge in [0.15, 0.2) is 5.82 Å². The van der Waals surface area contributed by atoms with Crippen LogP contribution in [-0.4, -0.2) is 88.2 Å². The normalized spacial score (nSPS) is 22.4. The van der Waals surface area contributed by atoms with Crippen LogP contribution >= 0.6 is 11.3 Å². The number of halogens is 1. The maximum Gasteiger partial charge on any atom is 0.411 e. The Kier molecular flexibility index (Phi) is 7.38. The quantitative estimate of drug-likeness (QED) is 0.225. The minimum Gasteiger partial charge on any atom is -0.453 e. The summed E-state index contributed by atoms with van der Waals surface area (Å²) in [6.45, 7) is 1.37. The predicted octanol–water partition coefficient (Wildman–Crippen LogP) is 2.16. The Morgan fingerprint density at radius 2 is 2.05 bits per heavy atom. The number of fused-ring (bicyclic) bond motifs is 1. The molecule has 5 atom stereocenters. The van der Waals surface area contributed by atoms with Crippen molar-refractivity contribution < 1.29 is 34.0 Å². The lowest BCUT2D eigenvalue weighted by molar-refractivity contribution is -0.210. The van der Waals surface area contributed by atoms with E-state index in [1.54, 1.807) is 0 Å². The molecule has 0 radical (unpaired) electrons. The van der Waals surface area contributed by atoms with Crippen LogP contribution in [0, 0.1) is 12.7 Å². The number of rotatable bonds is 6. The van der Waals surface area contributed by atoms with Crippen molar-refractivity contribution in [2.75, 3.05) is 19.0 Å². The number of carbonyl (C=O) groups is 1. The fraction of sp³-hybridized carbons (Fsp3) is 0.308. The summed E-state index contributed by atoms with van der Waals surface area (Å²) in [4.78, 5) is 20.2. The Labute approximate surface area is 241 Å². The molecule has 14 nitrogen and oxygen atoms in total. The number of hydrogen-bond donors (Lipinski definition) is 4. The number of nitrogens with one attached hydrogen (secondary N) is 1. The van der Waals surface area contributed by atoms with Crippen molar-refractivity contribution >= 4 is 33.3 Å². The van der Waals surface area contributed by atoms with Gasteiger partial charge >= 0.3 is 6.09 Å². The average Bonchev–Trinajstić information content (AvgIpc) is 3.73. The van der Waals surface area contributed by atoms with Crippen LogP contribution in [0.1, 0.15) is 23.0 Å².